The molecule has 0 aliphatic rings. The fourth-order valence-electron chi connectivity index (χ4n) is 4.56. The predicted molar refractivity (Wildman–Crippen MR) is 188 cm³/mol. The molecule has 2 atom stereocenters. The lowest BCUT2D eigenvalue weighted by molar-refractivity contribution is -0.152. The summed E-state index contributed by atoms with van der Waals surface area (Å²) < 4.78 is 10.2. The van der Waals surface area contributed by atoms with Gasteiger partial charge in [-0.25, -0.2) is 0 Å². The number of esters is 2. The van der Waals surface area contributed by atoms with Gasteiger partial charge in [0.25, 0.3) is 0 Å². The molecular formula is C39H66O6. The molecule has 2 N–H and O–H groups in total. The number of aliphatic hydroxyl groups is 2. The second-order valence-electron chi connectivity index (χ2n) is 12.3. The first-order valence-electron chi connectivity index (χ1n) is 17.8. The summed E-state index contributed by atoms with van der Waals surface area (Å²) in [4.78, 5) is 23.8. The van der Waals surface area contributed by atoms with E-state index in [0.29, 0.717) is 19.3 Å². The lowest BCUT2D eigenvalue weighted by atomic mass is 10.0. The van der Waals surface area contributed by atoms with E-state index in [0.717, 1.165) is 50.9 Å². The third kappa shape index (κ3) is 34.3. The van der Waals surface area contributed by atoms with Crippen LogP contribution in [-0.2, 0) is 19.1 Å². The number of ether oxygens (including phenoxy) is 2. The van der Waals surface area contributed by atoms with Gasteiger partial charge in [-0.1, -0.05) is 146 Å². The second-order valence-corrected chi connectivity index (χ2v) is 12.3. The number of carbonyl (C=O) groups is 2. The van der Waals surface area contributed by atoms with Gasteiger partial charge in [0.2, 0.25) is 0 Å². The van der Waals surface area contributed by atoms with Gasteiger partial charge in [-0.05, 0) is 50.9 Å². The van der Waals surface area contributed by atoms with Crippen molar-refractivity contribution in [2.45, 2.75) is 155 Å². The average Bonchev–Trinajstić information content (AvgIpc) is 3.02. The second kappa shape index (κ2) is 32.9. The highest BCUT2D eigenvalue weighted by molar-refractivity contribution is 5.69. The summed E-state index contributed by atoms with van der Waals surface area (Å²) in [6.45, 7) is 6.32. The Hall–Kier alpha value is -2.44. The molecule has 0 saturated carbocycles. The van der Waals surface area contributed by atoms with E-state index in [2.05, 4.69) is 44.2 Å². The summed E-state index contributed by atoms with van der Waals surface area (Å²) in [6, 6.07) is 0. The molecule has 0 aliphatic heterocycles. The fourth-order valence-corrected chi connectivity index (χ4v) is 4.56. The van der Waals surface area contributed by atoms with Crippen LogP contribution in [0, 0.1) is 5.92 Å². The van der Waals surface area contributed by atoms with Crippen molar-refractivity contribution in [3.63, 3.8) is 0 Å². The number of rotatable bonds is 30. The van der Waals surface area contributed by atoms with Gasteiger partial charge >= 0.3 is 11.9 Å². The SMILES string of the molecule is CC/C=C\C(O)C/C=C/C=C\C/C=C\C/C=C\CCCC(=O)OC[C@@H](O)COC(=O)CCCCCCCCCCCCC(C)C. The molecule has 6 heteroatoms. The van der Waals surface area contributed by atoms with E-state index < -0.39 is 12.2 Å². The van der Waals surface area contributed by atoms with E-state index in [1.165, 1.54) is 51.4 Å². The summed E-state index contributed by atoms with van der Waals surface area (Å²) in [6.07, 6.45) is 37.6. The molecule has 0 spiro atoms. The van der Waals surface area contributed by atoms with Crippen LogP contribution in [0.2, 0.25) is 0 Å². The molecule has 0 bridgehead atoms. The fraction of sp³-hybridized carbons (Fsp3) is 0.692. The van der Waals surface area contributed by atoms with Gasteiger partial charge < -0.3 is 19.7 Å². The lowest BCUT2D eigenvalue weighted by Gasteiger charge is -2.12. The van der Waals surface area contributed by atoms with Crippen LogP contribution < -0.4 is 0 Å². The molecule has 0 heterocycles. The summed E-state index contributed by atoms with van der Waals surface area (Å²) in [7, 11) is 0. The molecule has 0 amide bonds. The Kier molecular flexibility index (Phi) is 31.2. The van der Waals surface area contributed by atoms with E-state index in [1.54, 1.807) is 0 Å². The first kappa shape index (κ1) is 42.6. The van der Waals surface area contributed by atoms with Crippen molar-refractivity contribution >= 4 is 11.9 Å². The highest BCUT2D eigenvalue weighted by atomic mass is 16.6. The van der Waals surface area contributed by atoms with Crippen LogP contribution in [0.5, 0.6) is 0 Å². The normalized spacial score (nSPS) is 13.7. The zero-order valence-electron chi connectivity index (χ0n) is 28.9. The number of carbonyl (C=O) groups excluding carboxylic acids is 2. The number of aliphatic hydroxyl groups excluding tert-OH is 2. The molecule has 0 aromatic rings. The summed E-state index contributed by atoms with van der Waals surface area (Å²) >= 11 is 0. The van der Waals surface area contributed by atoms with Crippen molar-refractivity contribution in [1.29, 1.82) is 0 Å². The minimum absolute atomic E-state index is 0.146. The lowest BCUT2D eigenvalue weighted by Crippen LogP contribution is -2.25. The van der Waals surface area contributed by atoms with Crippen LogP contribution in [-0.4, -0.2) is 47.6 Å². The maximum absolute atomic E-state index is 11.9. The average molecular weight is 631 g/mol. The minimum atomic E-state index is -0.998. The van der Waals surface area contributed by atoms with Gasteiger partial charge in [0.1, 0.15) is 19.3 Å². The summed E-state index contributed by atoms with van der Waals surface area (Å²) in [5.74, 6) is 0.160. The molecule has 0 fully saturated rings. The Morgan fingerprint density at radius 2 is 1.13 bits per heavy atom. The number of allylic oxidation sites excluding steroid dienone is 8. The highest BCUT2D eigenvalue weighted by Gasteiger charge is 2.12. The van der Waals surface area contributed by atoms with Crippen LogP contribution in [0.25, 0.3) is 0 Å². The van der Waals surface area contributed by atoms with Crippen molar-refractivity contribution in [2.24, 2.45) is 5.92 Å². The topological polar surface area (TPSA) is 93.1 Å². The van der Waals surface area contributed by atoms with Crippen LogP contribution in [0.15, 0.2) is 60.8 Å². The molecule has 0 rings (SSSR count). The largest absolute Gasteiger partial charge is 0.463 e. The standard InChI is InChI=1S/C39H66O6/c1-4-5-29-36(40)30-25-21-17-13-8-6-7-9-14-18-22-26-31-38(42)44-33-37(41)34-45-39(43)32-27-23-19-15-11-10-12-16-20-24-28-35(2)3/h5-7,13-14,17-18,21,25,29,35-37,40-41H,4,8-12,15-16,19-20,22-24,26-28,30-34H2,1-3H3/b7-6-,17-13-,18-14-,25-21+,29-5-/t36?,37-/m1/s1. The Balaban J connectivity index is 3.62. The zero-order valence-corrected chi connectivity index (χ0v) is 28.9. The van der Waals surface area contributed by atoms with E-state index in [1.807, 2.05) is 37.3 Å². The van der Waals surface area contributed by atoms with Gasteiger partial charge in [0.15, 0.2) is 0 Å². The van der Waals surface area contributed by atoms with E-state index in [-0.39, 0.29) is 31.6 Å². The van der Waals surface area contributed by atoms with Crippen LogP contribution in [0.3, 0.4) is 0 Å². The minimum Gasteiger partial charge on any atom is -0.463 e. The Morgan fingerprint density at radius 3 is 1.73 bits per heavy atom. The van der Waals surface area contributed by atoms with Crippen molar-refractivity contribution in [2.75, 3.05) is 13.2 Å². The maximum atomic E-state index is 11.9. The molecule has 0 aromatic carbocycles. The van der Waals surface area contributed by atoms with Crippen LogP contribution in [0.4, 0.5) is 0 Å². The zero-order chi connectivity index (χ0) is 33.2. The Labute approximate surface area is 275 Å². The Bertz CT molecular complexity index is 838. The van der Waals surface area contributed by atoms with Gasteiger partial charge in [0.05, 0.1) is 6.10 Å². The predicted octanol–water partition coefficient (Wildman–Crippen LogP) is 9.66. The number of hydrogen-bond donors (Lipinski definition) is 2. The molecule has 0 saturated heterocycles. The first-order chi connectivity index (χ1) is 21.8. The van der Waals surface area contributed by atoms with Crippen LogP contribution >= 0.6 is 0 Å². The van der Waals surface area contributed by atoms with Gasteiger partial charge in [-0.15, -0.1) is 0 Å². The van der Waals surface area contributed by atoms with Gasteiger partial charge in [-0.2, -0.15) is 0 Å². The smallest absolute Gasteiger partial charge is 0.305 e. The van der Waals surface area contributed by atoms with Gasteiger partial charge in [0, 0.05) is 12.8 Å². The van der Waals surface area contributed by atoms with Crippen molar-refractivity contribution in [3.8, 4) is 0 Å². The molecule has 1 unspecified atom stereocenters. The summed E-state index contributed by atoms with van der Waals surface area (Å²) in [5.41, 5.74) is 0. The summed E-state index contributed by atoms with van der Waals surface area (Å²) in [5, 5.41) is 19.7. The van der Waals surface area contributed by atoms with Crippen molar-refractivity contribution in [3.05, 3.63) is 60.8 Å². The van der Waals surface area contributed by atoms with E-state index >= 15 is 0 Å². The number of unbranched alkanes of at least 4 members (excludes halogenated alkanes) is 10. The molecule has 258 valence electrons. The van der Waals surface area contributed by atoms with Gasteiger partial charge in [-0.3, -0.25) is 9.59 Å². The molecule has 0 aliphatic carbocycles. The third-order valence-corrected chi connectivity index (χ3v) is 7.27. The molecule has 6 nitrogen and oxygen atoms in total. The monoisotopic (exact) mass is 630 g/mol. The number of hydrogen-bond acceptors (Lipinski definition) is 6. The molecule has 45 heavy (non-hydrogen) atoms. The van der Waals surface area contributed by atoms with Crippen molar-refractivity contribution < 1.29 is 29.3 Å². The van der Waals surface area contributed by atoms with Crippen LogP contribution in [0.1, 0.15) is 143 Å². The molecular weight excluding hydrogens is 564 g/mol. The molecule has 0 radical (unpaired) electrons. The van der Waals surface area contributed by atoms with E-state index in [4.69, 9.17) is 9.47 Å². The highest BCUT2D eigenvalue weighted by Crippen LogP contribution is 2.14. The third-order valence-electron chi connectivity index (χ3n) is 7.27. The first-order valence-corrected chi connectivity index (χ1v) is 17.8. The van der Waals surface area contributed by atoms with Crippen molar-refractivity contribution in [1.82, 2.24) is 0 Å². The van der Waals surface area contributed by atoms with E-state index in [9.17, 15) is 19.8 Å². The quantitative estimate of drug-likeness (QED) is 0.0355. The Morgan fingerprint density at radius 1 is 0.622 bits per heavy atom. The maximum Gasteiger partial charge on any atom is 0.305 e. The molecule has 0 aromatic heterocycles.